The van der Waals surface area contributed by atoms with Crippen LogP contribution in [0.5, 0.6) is 0 Å². The SMILES string of the molecule is CNCc1ccc(C)c(F)c1Br. The highest BCUT2D eigenvalue weighted by Gasteiger charge is 2.06. The number of halogens is 2. The highest BCUT2D eigenvalue weighted by Crippen LogP contribution is 2.22. The number of aryl methyl sites for hydroxylation is 1. The molecule has 66 valence electrons. The van der Waals surface area contributed by atoms with E-state index >= 15 is 0 Å². The van der Waals surface area contributed by atoms with Gasteiger partial charge in [-0.15, -0.1) is 0 Å². The molecule has 0 aliphatic heterocycles. The van der Waals surface area contributed by atoms with Gasteiger partial charge < -0.3 is 5.32 Å². The third kappa shape index (κ3) is 1.84. The van der Waals surface area contributed by atoms with E-state index in [0.29, 0.717) is 16.6 Å². The molecule has 0 heterocycles. The van der Waals surface area contributed by atoms with E-state index in [0.717, 1.165) is 5.56 Å². The first-order valence-corrected chi connectivity index (χ1v) is 4.54. The molecule has 0 aliphatic rings. The molecule has 1 N–H and O–H groups in total. The van der Waals surface area contributed by atoms with Gasteiger partial charge in [-0.1, -0.05) is 12.1 Å². The molecule has 0 saturated carbocycles. The Morgan fingerprint density at radius 1 is 1.50 bits per heavy atom. The lowest BCUT2D eigenvalue weighted by molar-refractivity contribution is 0.607. The van der Waals surface area contributed by atoms with Crippen molar-refractivity contribution < 1.29 is 4.39 Å². The van der Waals surface area contributed by atoms with E-state index in [1.807, 2.05) is 13.1 Å². The van der Waals surface area contributed by atoms with Gasteiger partial charge >= 0.3 is 0 Å². The largest absolute Gasteiger partial charge is 0.316 e. The second-order valence-corrected chi connectivity index (χ2v) is 3.49. The molecular weight excluding hydrogens is 221 g/mol. The maximum absolute atomic E-state index is 13.2. The molecule has 1 aromatic rings. The number of nitrogens with one attached hydrogen (secondary N) is 1. The van der Waals surface area contributed by atoms with E-state index in [1.54, 1.807) is 13.0 Å². The van der Waals surface area contributed by atoms with Crippen LogP contribution in [0.1, 0.15) is 11.1 Å². The topological polar surface area (TPSA) is 12.0 Å². The molecule has 1 rings (SSSR count). The summed E-state index contributed by atoms with van der Waals surface area (Å²) in [5.41, 5.74) is 1.61. The van der Waals surface area contributed by atoms with Crippen molar-refractivity contribution in [1.82, 2.24) is 5.32 Å². The Balaban J connectivity index is 3.08. The minimum absolute atomic E-state index is 0.164. The van der Waals surface area contributed by atoms with Crippen LogP contribution in [0.15, 0.2) is 16.6 Å². The average molecular weight is 232 g/mol. The van der Waals surface area contributed by atoms with Crippen molar-refractivity contribution >= 4 is 15.9 Å². The Morgan fingerprint density at radius 3 is 2.75 bits per heavy atom. The maximum Gasteiger partial charge on any atom is 0.140 e. The number of hydrogen-bond acceptors (Lipinski definition) is 1. The Morgan fingerprint density at radius 2 is 2.17 bits per heavy atom. The predicted molar refractivity (Wildman–Crippen MR) is 51.6 cm³/mol. The van der Waals surface area contributed by atoms with Crippen molar-refractivity contribution in [2.75, 3.05) is 7.05 Å². The molecule has 0 amide bonds. The molecule has 0 spiro atoms. The minimum Gasteiger partial charge on any atom is -0.316 e. The number of hydrogen-bond donors (Lipinski definition) is 1. The molecule has 3 heteroatoms. The first-order valence-electron chi connectivity index (χ1n) is 3.75. The van der Waals surface area contributed by atoms with E-state index < -0.39 is 0 Å². The molecule has 0 atom stereocenters. The normalized spacial score (nSPS) is 10.3. The lowest BCUT2D eigenvalue weighted by Crippen LogP contribution is -2.06. The van der Waals surface area contributed by atoms with Crippen molar-refractivity contribution in [2.45, 2.75) is 13.5 Å². The average Bonchev–Trinajstić information content (AvgIpc) is 2.07. The van der Waals surface area contributed by atoms with Crippen LogP contribution in [-0.2, 0) is 6.54 Å². The molecule has 0 unspecified atom stereocenters. The van der Waals surface area contributed by atoms with Gasteiger partial charge in [0, 0.05) is 6.54 Å². The van der Waals surface area contributed by atoms with E-state index in [4.69, 9.17) is 0 Å². The summed E-state index contributed by atoms with van der Waals surface area (Å²) in [5.74, 6) is -0.164. The molecule has 0 bridgehead atoms. The first kappa shape index (κ1) is 9.68. The molecule has 0 radical (unpaired) electrons. The summed E-state index contributed by atoms with van der Waals surface area (Å²) in [5, 5.41) is 2.97. The molecule has 0 aromatic heterocycles. The smallest absolute Gasteiger partial charge is 0.140 e. The second kappa shape index (κ2) is 4.01. The zero-order chi connectivity index (χ0) is 9.14. The molecule has 12 heavy (non-hydrogen) atoms. The summed E-state index contributed by atoms with van der Waals surface area (Å²) in [6.45, 7) is 2.43. The zero-order valence-corrected chi connectivity index (χ0v) is 8.70. The fraction of sp³-hybridized carbons (Fsp3) is 0.333. The van der Waals surface area contributed by atoms with Crippen LogP contribution >= 0.6 is 15.9 Å². The van der Waals surface area contributed by atoms with Crippen LogP contribution in [0.3, 0.4) is 0 Å². The third-order valence-corrected chi connectivity index (χ3v) is 2.58. The van der Waals surface area contributed by atoms with Crippen LogP contribution in [-0.4, -0.2) is 7.05 Å². The highest BCUT2D eigenvalue weighted by molar-refractivity contribution is 9.10. The first-order chi connectivity index (χ1) is 5.66. The van der Waals surface area contributed by atoms with Crippen LogP contribution in [0, 0.1) is 12.7 Å². The van der Waals surface area contributed by atoms with Gasteiger partial charge in [0.2, 0.25) is 0 Å². The highest BCUT2D eigenvalue weighted by atomic mass is 79.9. The quantitative estimate of drug-likeness (QED) is 0.826. The van der Waals surface area contributed by atoms with Gasteiger partial charge in [0.1, 0.15) is 5.82 Å². The van der Waals surface area contributed by atoms with Gasteiger partial charge in [0.15, 0.2) is 0 Å². The van der Waals surface area contributed by atoms with Crippen LogP contribution in [0.2, 0.25) is 0 Å². The van der Waals surface area contributed by atoms with Gasteiger partial charge in [-0.05, 0) is 41.0 Å². The second-order valence-electron chi connectivity index (χ2n) is 2.70. The van der Waals surface area contributed by atoms with E-state index in [9.17, 15) is 4.39 Å². The molecular formula is C9H11BrFN. The monoisotopic (exact) mass is 231 g/mol. The van der Waals surface area contributed by atoms with Crippen LogP contribution in [0.4, 0.5) is 4.39 Å². The zero-order valence-electron chi connectivity index (χ0n) is 7.12. The molecule has 0 saturated heterocycles. The lowest BCUT2D eigenvalue weighted by atomic mass is 10.1. The summed E-state index contributed by atoms with van der Waals surface area (Å²) < 4.78 is 13.8. The number of benzene rings is 1. The Hall–Kier alpha value is -0.410. The van der Waals surface area contributed by atoms with Crippen molar-refractivity contribution in [3.8, 4) is 0 Å². The summed E-state index contributed by atoms with van der Waals surface area (Å²) in [6, 6.07) is 3.70. The van der Waals surface area contributed by atoms with Gasteiger partial charge in [-0.2, -0.15) is 0 Å². The molecule has 0 aliphatic carbocycles. The summed E-state index contributed by atoms with van der Waals surface area (Å²) in [7, 11) is 1.84. The summed E-state index contributed by atoms with van der Waals surface area (Å²) >= 11 is 3.22. The third-order valence-electron chi connectivity index (χ3n) is 1.72. The van der Waals surface area contributed by atoms with E-state index in [-0.39, 0.29) is 5.82 Å². The predicted octanol–water partition coefficient (Wildman–Crippen LogP) is 2.62. The van der Waals surface area contributed by atoms with Crippen molar-refractivity contribution in [2.24, 2.45) is 0 Å². The van der Waals surface area contributed by atoms with Gasteiger partial charge in [0.25, 0.3) is 0 Å². The van der Waals surface area contributed by atoms with E-state index in [2.05, 4.69) is 21.2 Å². The van der Waals surface area contributed by atoms with Gasteiger partial charge in [-0.25, -0.2) is 4.39 Å². The Kier molecular flexibility index (Phi) is 3.23. The standard InChI is InChI=1S/C9H11BrFN/c1-6-3-4-7(5-12-2)8(10)9(6)11/h3-4,12H,5H2,1-2H3. The van der Waals surface area contributed by atoms with Crippen LogP contribution in [0.25, 0.3) is 0 Å². The molecule has 1 nitrogen and oxygen atoms in total. The minimum atomic E-state index is -0.164. The maximum atomic E-state index is 13.2. The molecule has 0 fully saturated rings. The summed E-state index contributed by atoms with van der Waals surface area (Å²) in [6.07, 6.45) is 0. The van der Waals surface area contributed by atoms with Crippen molar-refractivity contribution in [3.05, 3.63) is 33.5 Å². The Labute approximate surface area is 80.1 Å². The van der Waals surface area contributed by atoms with Gasteiger partial charge in [0.05, 0.1) is 4.47 Å². The van der Waals surface area contributed by atoms with Crippen molar-refractivity contribution in [1.29, 1.82) is 0 Å². The van der Waals surface area contributed by atoms with Gasteiger partial charge in [-0.3, -0.25) is 0 Å². The Bertz CT molecular complexity index is 286. The van der Waals surface area contributed by atoms with E-state index in [1.165, 1.54) is 0 Å². The fourth-order valence-electron chi connectivity index (χ4n) is 1.01. The number of rotatable bonds is 2. The van der Waals surface area contributed by atoms with Crippen LogP contribution < -0.4 is 5.32 Å². The fourth-order valence-corrected chi connectivity index (χ4v) is 1.60. The summed E-state index contributed by atoms with van der Waals surface area (Å²) in [4.78, 5) is 0. The van der Waals surface area contributed by atoms with Crippen molar-refractivity contribution in [3.63, 3.8) is 0 Å². The molecule has 1 aromatic carbocycles. The lowest BCUT2D eigenvalue weighted by Gasteiger charge is -2.06.